The van der Waals surface area contributed by atoms with E-state index >= 15 is 0 Å². The standard InChI is InChI=1S/C9H12N2O2/c1-8-2-4-9(5-3-8)10-6-7-11(12)13/h2-5,10H,6-7H2,1H3. The van der Waals surface area contributed by atoms with Crippen molar-refractivity contribution >= 4 is 5.69 Å². The fourth-order valence-corrected chi connectivity index (χ4v) is 0.963. The van der Waals surface area contributed by atoms with Crippen molar-refractivity contribution in [2.24, 2.45) is 0 Å². The minimum Gasteiger partial charge on any atom is -0.378 e. The Labute approximate surface area is 76.7 Å². The number of anilines is 1. The highest BCUT2D eigenvalue weighted by atomic mass is 16.6. The van der Waals surface area contributed by atoms with Gasteiger partial charge in [0, 0.05) is 10.6 Å². The fourth-order valence-electron chi connectivity index (χ4n) is 0.963. The first-order valence-electron chi connectivity index (χ1n) is 4.11. The quantitative estimate of drug-likeness (QED) is 0.566. The molecule has 0 amide bonds. The van der Waals surface area contributed by atoms with Crippen LogP contribution in [0.2, 0.25) is 0 Å². The average Bonchev–Trinajstić information content (AvgIpc) is 2.08. The molecule has 1 N–H and O–H groups in total. The first-order valence-corrected chi connectivity index (χ1v) is 4.11. The van der Waals surface area contributed by atoms with Gasteiger partial charge in [-0.25, -0.2) is 0 Å². The van der Waals surface area contributed by atoms with Crippen molar-refractivity contribution < 1.29 is 4.92 Å². The highest BCUT2D eigenvalue weighted by molar-refractivity contribution is 5.44. The monoisotopic (exact) mass is 180 g/mol. The Bertz CT molecular complexity index is 282. The van der Waals surface area contributed by atoms with E-state index in [1.165, 1.54) is 5.56 Å². The Balaban J connectivity index is 2.37. The molecule has 0 radical (unpaired) electrons. The predicted molar refractivity (Wildman–Crippen MR) is 51.5 cm³/mol. The summed E-state index contributed by atoms with van der Waals surface area (Å²) in [5.74, 6) is 0. The maximum Gasteiger partial charge on any atom is 0.220 e. The SMILES string of the molecule is Cc1ccc(NCC[N+](=O)[O-])cc1. The van der Waals surface area contributed by atoms with Crippen LogP contribution in [0.1, 0.15) is 5.56 Å². The molecule has 4 heteroatoms. The zero-order chi connectivity index (χ0) is 9.68. The zero-order valence-corrected chi connectivity index (χ0v) is 7.49. The Kier molecular flexibility index (Phi) is 3.25. The molecule has 4 nitrogen and oxygen atoms in total. The van der Waals surface area contributed by atoms with E-state index in [0.29, 0.717) is 6.54 Å². The van der Waals surface area contributed by atoms with Crippen LogP contribution < -0.4 is 5.32 Å². The van der Waals surface area contributed by atoms with E-state index in [9.17, 15) is 10.1 Å². The molecular formula is C9H12N2O2. The minimum absolute atomic E-state index is 0.0477. The first kappa shape index (κ1) is 9.51. The van der Waals surface area contributed by atoms with Crippen molar-refractivity contribution in [2.45, 2.75) is 6.92 Å². The Morgan fingerprint density at radius 2 is 2.00 bits per heavy atom. The number of rotatable bonds is 4. The molecule has 0 saturated carbocycles. The summed E-state index contributed by atoms with van der Waals surface area (Å²) in [5.41, 5.74) is 2.10. The Morgan fingerprint density at radius 1 is 1.38 bits per heavy atom. The molecule has 0 heterocycles. The third-order valence-corrected chi connectivity index (χ3v) is 1.68. The van der Waals surface area contributed by atoms with E-state index in [2.05, 4.69) is 5.32 Å². The highest BCUT2D eigenvalue weighted by Gasteiger charge is 1.95. The molecule has 0 saturated heterocycles. The topological polar surface area (TPSA) is 55.2 Å². The molecule has 1 aromatic rings. The molecule has 0 aliphatic rings. The third-order valence-electron chi connectivity index (χ3n) is 1.68. The van der Waals surface area contributed by atoms with Crippen LogP contribution >= 0.6 is 0 Å². The lowest BCUT2D eigenvalue weighted by atomic mass is 10.2. The van der Waals surface area contributed by atoms with Gasteiger partial charge in [-0.3, -0.25) is 10.1 Å². The van der Waals surface area contributed by atoms with Crippen LogP contribution in [0, 0.1) is 17.0 Å². The molecule has 0 spiro atoms. The number of nitrogens with zero attached hydrogens (tertiary/aromatic N) is 1. The summed E-state index contributed by atoms with van der Waals surface area (Å²) in [6.07, 6.45) is 0. The molecule has 13 heavy (non-hydrogen) atoms. The lowest BCUT2D eigenvalue weighted by molar-refractivity contribution is -0.476. The highest BCUT2D eigenvalue weighted by Crippen LogP contribution is 2.07. The number of benzene rings is 1. The van der Waals surface area contributed by atoms with Crippen molar-refractivity contribution in [1.82, 2.24) is 0 Å². The second kappa shape index (κ2) is 4.45. The van der Waals surface area contributed by atoms with E-state index < -0.39 is 0 Å². The van der Waals surface area contributed by atoms with Crippen LogP contribution in [0.4, 0.5) is 5.69 Å². The van der Waals surface area contributed by atoms with E-state index in [1.54, 1.807) is 0 Å². The number of hydrogen-bond donors (Lipinski definition) is 1. The van der Waals surface area contributed by atoms with Crippen LogP contribution in [-0.4, -0.2) is 18.0 Å². The maximum absolute atomic E-state index is 10.0. The van der Waals surface area contributed by atoms with Gasteiger partial charge in [0.25, 0.3) is 0 Å². The molecule has 0 atom stereocenters. The molecule has 0 unspecified atom stereocenters. The van der Waals surface area contributed by atoms with Crippen molar-refractivity contribution in [1.29, 1.82) is 0 Å². The molecular weight excluding hydrogens is 168 g/mol. The maximum atomic E-state index is 10.0. The van der Waals surface area contributed by atoms with Gasteiger partial charge in [0.2, 0.25) is 6.54 Å². The molecule has 70 valence electrons. The Morgan fingerprint density at radius 3 is 2.54 bits per heavy atom. The summed E-state index contributed by atoms with van der Waals surface area (Å²) in [5, 5.41) is 13.0. The van der Waals surface area contributed by atoms with Crippen molar-refractivity contribution in [3.05, 3.63) is 39.9 Å². The molecule has 1 rings (SSSR count). The van der Waals surface area contributed by atoms with Gasteiger partial charge in [0.1, 0.15) is 0 Å². The molecule has 1 aromatic carbocycles. The number of aryl methyl sites for hydroxylation is 1. The number of hydrogen-bond acceptors (Lipinski definition) is 3. The smallest absolute Gasteiger partial charge is 0.220 e. The second-order valence-electron chi connectivity index (χ2n) is 2.85. The number of nitro groups is 1. The molecule has 0 aromatic heterocycles. The zero-order valence-electron chi connectivity index (χ0n) is 7.49. The minimum atomic E-state index is -0.332. The largest absolute Gasteiger partial charge is 0.378 e. The van der Waals surface area contributed by atoms with Gasteiger partial charge in [0.05, 0.1) is 6.54 Å². The summed E-state index contributed by atoms with van der Waals surface area (Å²) < 4.78 is 0. The van der Waals surface area contributed by atoms with Gasteiger partial charge in [-0.1, -0.05) is 17.7 Å². The van der Waals surface area contributed by atoms with Crippen LogP contribution in [0.5, 0.6) is 0 Å². The summed E-state index contributed by atoms with van der Waals surface area (Å²) >= 11 is 0. The van der Waals surface area contributed by atoms with Crippen LogP contribution in [0.25, 0.3) is 0 Å². The van der Waals surface area contributed by atoms with Crippen LogP contribution in [0.3, 0.4) is 0 Å². The predicted octanol–water partition coefficient (Wildman–Crippen LogP) is 1.68. The van der Waals surface area contributed by atoms with Gasteiger partial charge in [0.15, 0.2) is 0 Å². The third kappa shape index (κ3) is 3.55. The fraction of sp³-hybridized carbons (Fsp3) is 0.333. The summed E-state index contributed by atoms with van der Waals surface area (Å²) in [6.45, 7) is 2.32. The Hall–Kier alpha value is -1.58. The lowest BCUT2D eigenvalue weighted by Crippen LogP contribution is -2.13. The summed E-state index contributed by atoms with van der Waals surface area (Å²) in [7, 11) is 0. The normalized spacial score (nSPS) is 9.62. The second-order valence-corrected chi connectivity index (χ2v) is 2.85. The summed E-state index contributed by atoms with van der Waals surface area (Å²) in [4.78, 5) is 9.68. The van der Waals surface area contributed by atoms with Crippen molar-refractivity contribution in [2.75, 3.05) is 18.4 Å². The molecule has 0 aliphatic carbocycles. The van der Waals surface area contributed by atoms with Crippen LogP contribution in [0.15, 0.2) is 24.3 Å². The summed E-state index contributed by atoms with van der Waals surface area (Å²) in [6, 6.07) is 7.76. The van der Waals surface area contributed by atoms with Gasteiger partial charge >= 0.3 is 0 Å². The number of nitrogens with one attached hydrogen (secondary N) is 1. The van der Waals surface area contributed by atoms with E-state index in [1.807, 2.05) is 31.2 Å². The van der Waals surface area contributed by atoms with E-state index in [4.69, 9.17) is 0 Å². The van der Waals surface area contributed by atoms with Crippen molar-refractivity contribution in [3.8, 4) is 0 Å². The first-order chi connectivity index (χ1) is 6.18. The van der Waals surface area contributed by atoms with Gasteiger partial charge < -0.3 is 5.32 Å². The van der Waals surface area contributed by atoms with E-state index in [0.717, 1.165) is 5.69 Å². The molecule has 0 fully saturated rings. The van der Waals surface area contributed by atoms with Gasteiger partial charge in [-0.15, -0.1) is 0 Å². The van der Waals surface area contributed by atoms with Gasteiger partial charge in [-0.05, 0) is 19.1 Å². The van der Waals surface area contributed by atoms with Gasteiger partial charge in [-0.2, -0.15) is 0 Å². The molecule has 0 aliphatic heterocycles. The average molecular weight is 180 g/mol. The van der Waals surface area contributed by atoms with E-state index in [-0.39, 0.29) is 11.5 Å². The van der Waals surface area contributed by atoms with Crippen LogP contribution in [-0.2, 0) is 0 Å². The molecule has 0 bridgehead atoms. The van der Waals surface area contributed by atoms with Crippen molar-refractivity contribution in [3.63, 3.8) is 0 Å². The lowest BCUT2D eigenvalue weighted by Gasteiger charge is -2.02.